The zero-order valence-corrected chi connectivity index (χ0v) is 13.7. The minimum atomic E-state index is -1.08. The van der Waals surface area contributed by atoms with Crippen molar-refractivity contribution in [3.05, 3.63) is 64.0 Å². The Labute approximate surface area is 143 Å². The lowest BCUT2D eigenvalue weighted by Gasteiger charge is -2.09. The van der Waals surface area contributed by atoms with E-state index in [0.29, 0.717) is 22.5 Å². The molecule has 1 aromatic heterocycles. The van der Waals surface area contributed by atoms with E-state index in [2.05, 4.69) is 0 Å². The number of hydrogen-bond donors (Lipinski definition) is 1. The molecule has 0 spiro atoms. The topological polar surface area (TPSA) is 86.0 Å². The Bertz CT molecular complexity index is 1000. The predicted octanol–water partition coefficient (Wildman–Crippen LogP) is 3.67. The Kier molecular flexibility index (Phi) is 4.43. The SMILES string of the molecule is Cc1ccc(Oc2coc3cc(OCC(=O)O)ccc3c2=O)c(C)c1. The number of benzene rings is 2. The summed E-state index contributed by atoms with van der Waals surface area (Å²) in [4.78, 5) is 23.1. The molecule has 0 bridgehead atoms. The van der Waals surface area contributed by atoms with Gasteiger partial charge in [0, 0.05) is 6.07 Å². The van der Waals surface area contributed by atoms with Crippen molar-refractivity contribution in [2.45, 2.75) is 13.8 Å². The van der Waals surface area contributed by atoms with Gasteiger partial charge in [0.25, 0.3) is 0 Å². The fourth-order valence-electron chi connectivity index (χ4n) is 2.43. The summed E-state index contributed by atoms with van der Waals surface area (Å²) >= 11 is 0. The second kappa shape index (κ2) is 6.68. The van der Waals surface area contributed by atoms with E-state index in [1.807, 2.05) is 26.0 Å². The number of fused-ring (bicyclic) bond motifs is 1. The van der Waals surface area contributed by atoms with Crippen LogP contribution in [0.1, 0.15) is 11.1 Å². The van der Waals surface area contributed by atoms with Gasteiger partial charge in [0.1, 0.15) is 23.3 Å². The number of rotatable bonds is 5. The van der Waals surface area contributed by atoms with Gasteiger partial charge in [-0.1, -0.05) is 17.7 Å². The maximum absolute atomic E-state index is 12.6. The number of carbonyl (C=O) groups is 1. The van der Waals surface area contributed by atoms with Crippen molar-refractivity contribution in [3.8, 4) is 17.2 Å². The van der Waals surface area contributed by atoms with E-state index in [-0.39, 0.29) is 11.2 Å². The van der Waals surface area contributed by atoms with Crippen LogP contribution in [0.25, 0.3) is 11.0 Å². The van der Waals surface area contributed by atoms with Crippen LogP contribution in [0.4, 0.5) is 0 Å². The van der Waals surface area contributed by atoms with Crippen LogP contribution in [-0.2, 0) is 4.79 Å². The van der Waals surface area contributed by atoms with Gasteiger partial charge in [0.05, 0.1) is 5.39 Å². The number of carboxylic acid groups (broad SMARTS) is 1. The standard InChI is InChI=1S/C19H16O6/c1-11-3-6-15(12(2)7-11)25-17-9-24-16-8-13(23-10-18(20)21)4-5-14(16)19(17)22/h3-9H,10H2,1-2H3,(H,20,21). The van der Waals surface area contributed by atoms with Crippen LogP contribution in [-0.4, -0.2) is 17.7 Å². The normalized spacial score (nSPS) is 10.6. The lowest BCUT2D eigenvalue weighted by Crippen LogP contribution is -2.10. The Balaban J connectivity index is 1.93. The summed E-state index contributed by atoms with van der Waals surface area (Å²) in [6, 6.07) is 10.2. The molecule has 3 aromatic rings. The molecule has 0 aliphatic heterocycles. The van der Waals surface area contributed by atoms with E-state index in [9.17, 15) is 9.59 Å². The molecule has 1 N–H and O–H groups in total. The monoisotopic (exact) mass is 340 g/mol. The van der Waals surface area contributed by atoms with Crippen LogP contribution in [0, 0.1) is 13.8 Å². The molecule has 3 rings (SSSR count). The molecule has 0 aliphatic carbocycles. The van der Waals surface area contributed by atoms with Crippen molar-refractivity contribution < 1.29 is 23.8 Å². The van der Waals surface area contributed by atoms with Crippen LogP contribution < -0.4 is 14.9 Å². The summed E-state index contributed by atoms with van der Waals surface area (Å²) in [6.45, 7) is 3.41. The first-order chi connectivity index (χ1) is 11.9. The molecule has 2 aromatic carbocycles. The van der Waals surface area contributed by atoms with Crippen molar-refractivity contribution in [3.63, 3.8) is 0 Å². The lowest BCUT2D eigenvalue weighted by atomic mass is 10.1. The van der Waals surface area contributed by atoms with E-state index in [0.717, 1.165) is 11.1 Å². The minimum Gasteiger partial charge on any atom is -0.482 e. The molecule has 6 nitrogen and oxygen atoms in total. The van der Waals surface area contributed by atoms with Gasteiger partial charge in [0.15, 0.2) is 6.61 Å². The minimum absolute atomic E-state index is 0.0821. The smallest absolute Gasteiger partial charge is 0.341 e. The molecule has 0 atom stereocenters. The molecule has 0 radical (unpaired) electrons. The molecule has 0 unspecified atom stereocenters. The third-order valence-corrected chi connectivity index (χ3v) is 3.63. The van der Waals surface area contributed by atoms with Crippen LogP contribution in [0.15, 0.2) is 51.9 Å². The predicted molar refractivity (Wildman–Crippen MR) is 91.6 cm³/mol. The lowest BCUT2D eigenvalue weighted by molar-refractivity contribution is -0.139. The van der Waals surface area contributed by atoms with Gasteiger partial charge in [-0.05, 0) is 37.6 Å². The molecule has 0 saturated heterocycles. The van der Waals surface area contributed by atoms with Gasteiger partial charge >= 0.3 is 5.97 Å². The van der Waals surface area contributed by atoms with E-state index in [4.69, 9.17) is 19.0 Å². The van der Waals surface area contributed by atoms with Crippen LogP contribution >= 0.6 is 0 Å². The van der Waals surface area contributed by atoms with Gasteiger partial charge in [-0.25, -0.2) is 4.79 Å². The molecule has 0 aliphatic rings. The van der Waals surface area contributed by atoms with Crippen molar-refractivity contribution in [2.75, 3.05) is 6.61 Å². The highest BCUT2D eigenvalue weighted by molar-refractivity contribution is 5.79. The summed E-state index contributed by atoms with van der Waals surface area (Å²) in [7, 11) is 0. The van der Waals surface area contributed by atoms with Gasteiger partial charge in [-0.2, -0.15) is 0 Å². The molecule has 6 heteroatoms. The summed E-state index contributed by atoms with van der Waals surface area (Å²) < 4.78 is 16.2. The van der Waals surface area contributed by atoms with E-state index < -0.39 is 12.6 Å². The summed E-state index contributed by atoms with van der Waals surface area (Å²) in [5.41, 5.74) is 1.99. The number of aryl methyl sites for hydroxylation is 2. The molecule has 0 saturated carbocycles. The maximum atomic E-state index is 12.6. The van der Waals surface area contributed by atoms with Crippen LogP contribution in [0.5, 0.6) is 17.2 Å². The Morgan fingerprint density at radius 2 is 1.92 bits per heavy atom. The average Bonchev–Trinajstić information content (AvgIpc) is 2.57. The Morgan fingerprint density at radius 3 is 2.64 bits per heavy atom. The highest BCUT2D eigenvalue weighted by atomic mass is 16.5. The largest absolute Gasteiger partial charge is 0.482 e. The van der Waals surface area contributed by atoms with Crippen molar-refractivity contribution >= 4 is 16.9 Å². The third kappa shape index (κ3) is 3.63. The molecule has 1 heterocycles. The number of ether oxygens (including phenoxy) is 2. The van der Waals surface area contributed by atoms with E-state index in [1.54, 1.807) is 6.07 Å². The highest BCUT2D eigenvalue weighted by Gasteiger charge is 2.12. The quantitative estimate of drug-likeness (QED) is 0.763. The fraction of sp³-hybridized carbons (Fsp3) is 0.158. The number of carboxylic acids is 1. The van der Waals surface area contributed by atoms with Crippen molar-refractivity contribution in [2.24, 2.45) is 0 Å². The first-order valence-corrected chi connectivity index (χ1v) is 7.59. The second-order valence-corrected chi connectivity index (χ2v) is 5.64. The van der Waals surface area contributed by atoms with Crippen molar-refractivity contribution in [1.29, 1.82) is 0 Å². The second-order valence-electron chi connectivity index (χ2n) is 5.64. The Morgan fingerprint density at radius 1 is 1.12 bits per heavy atom. The zero-order valence-electron chi connectivity index (χ0n) is 13.7. The molecule has 0 fully saturated rings. The summed E-state index contributed by atoms with van der Waals surface area (Å²) in [5.74, 6) is -0.114. The first-order valence-electron chi connectivity index (χ1n) is 7.59. The van der Waals surface area contributed by atoms with Gasteiger partial charge in [0.2, 0.25) is 11.2 Å². The summed E-state index contributed by atoms with van der Waals surface area (Å²) in [6.07, 6.45) is 1.24. The van der Waals surface area contributed by atoms with E-state index in [1.165, 1.54) is 24.5 Å². The van der Waals surface area contributed by atoms with Gasteiger partial charge < -0.3 is 19.0 Å². The molecular weight excluding hydrogens is 324 g/mol. The fourth-order valence-corrected chi connectivity index (χ4v) is 2.43. The molecule has 0 amide bonds. The van der Waals surface area contributed by atoms with Crippen LogP contribution in [0.2, 0.25) is 0 Å². The highest BCUT2D eigenvalue weighted by Crippen LogP contribution is 2.26. The number of aliphatic carboxylic acids is 1. The van der Waals surface area contributed by atoms with Crippen LogP contribution in [0.3, 0.4) is 0 Å². The zero-order chi connectivity index (χ0) is 18.0. The molecule has 25 heavy (non-hydrogen) atoms. The van der Waals surface area contributed by atoms with Gasteiger partial charge in [-0.3, -0.25) is 4.79 Å². The summed E-state index contributed by atoms with van der Waals surface area (Å²) in [5, 5.41) is 8.96. The molecular formula is C19H16O6. The van der Waals surface area contributed by atoms with Crippen molar-refractivity contribution in [1.82, 2.24) is 0 Å². The first kappa shape index (κ1) is 16.6. The molecule has 128 valence electrons. The van der Waals surface area contributed by atoms with Gasteiger partial charge in [-0.15, -0.1) is 0 Å². The van der Waals surface area contributed by atoms with E-state index >= 15 is 0 Å². The number of hydrogen-bond acceptors (Lipinski definition) is 5. The third-order valence-electron chi connectivity index (χ3n) is 3.63. The average molecular weight is 340 g/mol. The Hall–Kier alpha value is -3.28. The maximum Gasteiger partial charge on any atom is 0.341 e.